The van der Waals surface area contributed by atoms with Crippen molar-refractivity contribution in [1.82, 2.24) is 20.0 Å². The van der Waals surface area contributed by atoms with Crippen LogP contribution in [-0.4, -0.2) is 53.6 Å². The van der Waals surface area contributed by atoms with Crippen molar-refractivity contribution in [3.63, 3.8) is 0 Å². The molecule has 0 aliphatic heterocycles. The molecule has 0 aliphatic carbocycles. The van der Waals surface area contributed by atoms with E-state index < -0.39 is 0 Å². The number of likely N-dealkylation sites (N-methyl/N-ethyl adjacent to an activating group) is 2. The Labute approximate surface area is 131 Å². The third-order valence-electron chi connectivity index (χ3n) is 2.85. The molecule has 112 valence electrons. The van der Waals surface area contributed by atoms with E-state index in [4.69, 9.17) is 4.42 Å². The highest BCUT2D eigenvalue weighted by Crippen LogP contribution is 2.21. The first-order chi connectivity index (χ1) is 9.95. The molecule has 7 heteroatoms. The molecule has 0 fully saturated rings. The van der Waals surface area contributed by atoms with Crippen LogP contribution in [0.15, 0.2) is 33.2 Å². The fourth-order valence-electron chi connectivity index (χ4n) is 1.71. The highest BCUT2D eigenvalue weighted by molar-refractivity contribution is 9.10. The Morgan fingerprint density at radius 2 is 2.05 bits per heavy atom. The van der Waals surface area contributed by atoms with E-state index >= 15 is 0 Å². The van der Waals surface area contributed by atoms with Gasteiger partial charge in [0.25, 0.3) is 0 Å². The largest absolute Gasteiger partial charge is 0.419 e. The molecule has 0 atom stereocenters. The van der Waals surface area contributed by atoms with Crippen molar-refractivity contribution in [3.05, 3.63) is 34.6 Å². The maximum absolute atomic E-state index is 11.6. The molecule has 0 N–H and O–H groups in total. The number of benzene rings is 1. The Morgan fingerprint density at radius 1 is 1.29 bits per heavy atom. The van der Waals surface area contributed by atoms with Crippen molar-refractivity contribution in [2.75, 3.05) is 27.7 Å². The summed E-state index contributed by atoms with van der Waals surface area (Å²) in [6.07, 6.45) is 0. The average Bonchev–Trinajstić information content (AvgIpc) is 2.86. The molecule has 21 heavy (non-hydrogen) atoms. The van der Waals surface area contributed by atoms with Crippen LogP contribution in [0.3, 0.4) is 0 Å². The van der Waals surface area contributed by atoms with Gasteiger partial charge in [-0.2, -0.15) is 0 Å². The van der Waals surface area contributed by atoms with Crippen LogP contribution in [-0.2, 0) is 11.3 Å². The van der Waals surface area contributed by atoms with E-state index in [1.54, 1.807) is 19.0 Å². The van der Waals surface area contributed by atoms with Crippen LogP contribution < -0.4 is 0 Å². The zero-order valence-corrected chi connectivity index (χ0v) is 13.8. The molecular weight excluding hydrogens is 336 g/mol. The quantitative estimate of drug-likeness (QED) is 0.823. The Kier molecular flexibility index (Phi) is 5.08. The second-order valence-electron chi connectivity index (χ2n) is 4.97. The van der Waals surface area contributed by atoms with Gasteiger partial charge in [0, 0.05) is 24.1 Å². The lowest BCUT2D eigenvalue weighted by molar-refractivity contribution is -0.129. The van der Waals surface area contributed by atoms with Gasteiger partial charge in [0.2, 0.25) is 17.7 Å². The van der Waals surface area contributed by atoms with E-state index in [-0.39, 0.29) is 5.91 Å². The Bertz CT molecular complexity index is 627. The van der Waals surface area contributed by atoms with Gasteiger partial charge in [0.15, 0.2) is 0 Å². The summed E-state index contributed by atoms with van der Waals surface area (Å²) in [4.78, 5) is 15.0. The van der Waals surface area contributed by atoms with Gasteiger partial charge < -0.3 is 9.32 Å². The first kappa shape index (κ1) is 15.7. The number of nitrogens with zero attached hydrogens (tertiary/aromatic N) is 4. The number of carbonyl (C=O) groups excluding carboxylic acids is 1. The standard InChI is InChI=1S/C14H17BrN4O2/c1-18(2)13(20)9-19(3)8-12-16-17-14(21-12)10-5-4-6-11(15)7-10/h4-7H,8-9H2,1-3H3. The highest BCUT2D eigenvalue weighted by Gasteiger charge is 2.13. The zero-order chi connectivity index (χ0) is 15.4. The molecule has 0 bridgehead atoms. The van der Waals surface area contributed by atoms with Crippen molar-refractivity contribution in [2.24, 2.45) is 0 Å². The molecule has 1 aromatic heterocycles. The number of amides is 1. The fourth-order valence-corrected chi connectivity index (χ4v) is 2.11. The third kappa shape index (κ3) is 4.37. The maximum atomic E-state index is 11.6. The van der Waals surface area contributed by atoms with Gasteiger partial charge in [-0.1, -0.05) is 22.0 Å². The van der Waals surface area contributed by atoms with Crippen molar-refractivity contribution < 1.29 is 9.21 Å². The van der Waals surface area contributed by atoms with Crippen LogP contribution in [0, 0.1) is 0 Å². The average molecular weight is 353 g/mol. The van der Waals surface area contributed by atoms with Crippen LogP contribution in [0.25, 0.3) is 11.5 Å². The van der Waals surface area contributed by atoms with Crippen molar-refractivity contribution in [2.45, 2.75) is 6.54 Å². The van der Waals surface area contributed by atoms with E-state index in [9.17, 15) is 4.79 Å². The van der Waals surface area contributed by atoms with Crippen molar-refractivity contribution >= 4 is 21.8 Å². The first-order valence-corrected chi connectivity index (χ1v) is 7.22. The fraction of sp³-hybridized carbons (Fsp3) is 0.357. The summed E-state index contributed by atoms with van der Waals surface area (Å²) in [5.41, 5.74) is 0.857. The molecule has 0 aliphatic rings. The summed E-state index contributed by atoms with van der Waals surface area (Å²) in [5.74, 6) is 0.988. The predicted octanol–water partition coefficient (Wildman–Crippen LogP) is 2.02. The lowest BCUT2D eigenvalue weighted by Gasteiger charge is -2.16. The summed E-state index contributed by atoms with van der Waals surface area (Å²) in [6.45, 7) is 0.738. The lowest BCUT2D eigenvalue weighted by Crippen LogP contribution is -2.34. The molecule has 1 aromatic carbocycles. The van der Waals surface area contributed by atoms with Gasteiger partial charge in [-0.25, -0.2) is 0 Å². The summed E-state index contributed by atoms with van der Waals surface area (Å²) in [6, 6.07) is 7.66. The van der Waals surface area contributed by atoms with Crippen molar-refractivity contribution in [1.29, 1.82) is 0 Å². The monoisotopic (exact) mass is 352 g/mol. The third-order valence-corrected chi connectivity index (χ3v) is 3.34. The van der Waals surface area contributed by atoms with Gasteiger partial charge in [0.1, 0.15) is 0 Å². The molecular formula is C14H17BrN4O2. The van der Waals surface area contributed by atoms with Crippen LogP contribution in [0.5, 0.6) is 0 Å². The van der Waals surface area contributed by atoms with Crippen LogP contribution in [0.2, 0.25) is 0 Å². The van der Waals surface area contributed by atoms with E-state index in [0.29, 0.717) is 24.9 Å². The summed E-state index contributed by atoms with van der Waals surface area (Å²) < 4.78 is 6.58. The van der Waals surface area contributed by atoms with Gasteiger partial charge in [-0.3, -0.25) is 9.69 Å². The molecule has 0 saturated carbocycles. The molecule has 1 heterocycles. The smallest absolute Gasteiger partial charge is 0.247 e. The van der Waals surface area contributed by atoms with Gasteiger partial charge in [0.05, 0.1) is 13.1 Å². The molecule has 2 aromatic rings. The lowest BCUT2D eigenvalue weighted by atomic mass is 10.2. The number of rotatable bonds is 5. The maximum Gasteiger partial charge on any atom is 0.247 e. The number of aromatic nitrogens is 2. The second kappa shape index (κ2) is 6.82. The minimum atomic E-state index is 0.0317. The normalized spacial score (nSPS) is 10.9. The number of hydrogen-bond donors (Lipinski definition) is 0. The minimum Gasteiger partial charge on any atom is -0.419 e. The van der Waals surface area contributed by atoms with Gasteiger partial charge in [-0.05, 0) is 25.2 Å². The minimum absolute atomic E-state index is 0.0317. The Balaban J connectivity index is 2.02. The molecule has 0 unspecified atom stereocenters. The van der Waals surface area contributed by atoms with Gasteiger partial charge >= 0.3 is 0 Å². The number of carbonyl (C=O) groups is 1. The summed E-state index contributed by atoms with van der Waals surface area (Å²) in [5, 5.41) is 8.05. The van der Waals surface area contributed by atoms with E-state index in [1.165, 1.54) is 0 Å². The zero-order valence-electron chi connectivity index (χ0n) is 12.2. The Morgan fingerprint density at radius 3 is 2.71 bits per heavy atom. The molecule has 6 nitrogen and oxygen atoms in total. The molecule has 0 saturated heterocycles. The summed E-state index contributed by atoms with van der Waals surface area (Å²) >= 11 is 3.41. The van der Waals surface area contributed by atoms with Crippen LogP contribution in [0.4, 0.5) is 0 Å². The van der Waals surface area contributed by atoms with E-state index in [2.05, 4.69) is 26.1 Å². The molecule has 2 rings (SSSR count). The Hall–Kier alpha value is -1.73. The number of halogens is 1. The topological polar surface area (TPSA) is 62.5 Å². The summed E-state index contributed by atoms with van der Waals surface area (Å²) in [7, 11) is 5.30. The van der Waals surface area contributed by atoms with E-state index in [1.807, 2.05) is 36.2 Å². The first-order valence-electron chi connectivity index (χ1n) is 6.42. The van der Waals surface area contributed by atoms with Gasteiger partial charge in [-0.15, -0.1) is 10.2 Å². The highest BCUT2D eigenvalue weighted by atomic mass is 79.9. The van der Waals surface area contributed by atoms with Crippen molar-refractivity contribution in [3.8, 4) is 11.5 Å². The predicted molar refractivity (Wildman–Crippen MR) is 82.5 cm³/mol. The molecule has 0 radical (unpaired) electrons. The van der Waals surface area contributed by atoms with Crippen LogP contribution in [0.1, 0.15) is 5.89 Å². The second-order valence-corrected chi connectivity index (χ2v) is 5.89. The SMILES string of the molecule is CN(CC(=O)N(C)C)Cc1nnc(-c2cccc(Br)c2)o1. The van der Waals surface area contributed by atoms with E-state index in [0.717, 1.165) is 10.0 Å². The number of hydrogen-bond acceptors (Lipinski definition) is 5. The van der Waals surface area contributed by atoms with Crippen LogP contribution >= 0.6 is 15.9 Å². The molecule has 1 amide bonds. The molecule has 0 spiro atoms.